The highest BCUT2D eigenvalue weighted by molar-refractivity contribution is 6.74. The SMILES string of the molecule is CCOC(=O)CC(C)(O[Si](C)(C)C(C)(C)C)c1ccccc1. The molecule has 1 rings (SSSR count). The van der Waals surface area contributed by atoms with Crippen LogP contribution in [0.15, 0.2) is 30.3 Å². The summed E-state index contributed by atoms with van der Waals surface area (Å²) in [7, 11) is -2.02. The van der Waals surface area contributed by atoms with Crippen molar-refractivity contribution in [3.05, 3.63) is 35.9 Å². The summed E-state index contributed by atoms with van der Waals surface area (Å²) in [4.78, 5) is 12.1. The molecule has 0 N–H and O–H groups in total. The minimum absolute atomic E-state index is 0.0811. The van der Waals surface area contributed by atoms with E-state index in [1.165, 1.54) is 0 Å². The van der Waals surface area contributed by atoms with Crippen LogP contribution in [0.1, 0.15) is 46.6 Å². The zero-order valence-corrected chi connectivity index (χ0v) is 16.0. The van der Waals surface area contributed by atoms with Crippen LogP contribution in [0.4, 0.5) is 0 Å². The maximum Gasteiger partial charge on any atom is 0.309 e. The Morgan fingerprint density at radius 3 is 2.09 bits per heavy atom. The summed E-state index contributed by atoms with van der Waals surface area (Å²) in [5, 5.41) is 0.0811. The number of rotatable bonds is 6. The van der Waals surface area contributed by atoms with Gasteiger partial charge in [0.15, 0.2) is 8.32 Å². The van der Waals surface area contributed by atoms with E-state index < -0.39 is 13.9 Å². The minimum atomic E-state index is -2.02. The average Bonchev–Trinajstić information content (AvgIpc) is 2.37. The molecule has 1 unspecified atom stereocenters. The first kappa shape index (κ1) is 18.9. The lowest BCUT2D eigenvalue weighted by Gasteiger charge is -2.44. The molecule has 0 fully saturated rings. The van der Waals surface area contributed by atoms with Crippen molar-refractivity contribution in [3.63, 3.8) is 0 Å². The fourth-order valence-electron chi connectivity index (χ4n) is 2.19. The molecule has 0 radical (unpaired) electrons. The van der Waals surface area contributed by atoms with Gasteiger partial charge in [0, 0.05) is 0 Å². The van der Waals surface area contributed by atoms with Crippen LogP contribution in [-0.4, -0.2) is 20.9 Å². The van der Waals surface area contributed by atoms with E-state index in [2.05, 4.69) is 33.9 Å². The third-order valence-electron chi connectivity index (χ3n) is 4.46. The maximum absolute atomic E-state index is 12.1. The van der Waals surface area contributed by atoms with Crippen LogP contribution in [0.3, 0.4) is 0 Å². The van der Waals surface area contributed by atoms with Crippen molar-refractivity contribution in [2.24, 2.45) is 0 Å². The predicted octanol–water partition coefficient (Wildman–Crippen LogP) is 4.88. The monoisotopic (exact) mass is 322 g/mol. The summed E-state index contributed by atoms with van der Waals surface area (Å²) in [5.41, 5.74) is 0.365. The van der Waals surface area contributed by atoms with E-state index in [0.29, 0.717) is 6.61 Å². The van der Waals surface area contributed by atoms with Gasteiger partial charge >= 0.3 is 5.97 Å². The molecule has 1 aromatic carbocycles. The van der Waals surface area contributed by atoms with Gasteiger partial charge in [-0.15, -0.1) is 0 Å². The first-order valence-electron chi connectivity index (χ1n) is 7.93. The van der Waals surface area contributed by atoms with Crippen molar-refractivity contribution in [1.82, 2.24) is 0 Å². The number of esters is 1. The summed E-state index contributed by atoms with van der Waals surface area (Å²) >= 11 is 0. The van der Waals surface area contributed by atoms with Crippen LogP contribution in [0.25, 0.3) is 0 Å². The highest BCUT2D eigenvalue weighted by Crippen LogP contribution is 2.43. The Morgan fingerprint density at radius 2 is 1.64 bits per heavy atom. The van der Waals surface area contributed by atoms with Crippen molar-refractivity contribution in [2.45, 2.75) is 64.8 Å². The van der Waals surface area contributed by atoms with Gasteiger partial charge in [0.1, 0.15) is 0 Å². The van der Waals surface area contributed by atoms with Crippen molar-refractivity contribution in [1.29, 1.82) is 0 Å². The quantitative estimate of drug-likeness (QED) is 0.553. The number of hydrogen-bond donors (Lipinski definition) is 0. The molecular formula is C18H30O3Si. The Kier molecular flexibility index (Phi) is 5.99. The Labute approximate surface area is 136 Å². The highest BCUT2D eigenvalue weighted by atomic mass is 28.4. The topological polar surface area (TPSA) is 35.5 Å². The molecule has 1 atom stereocenters. The molecule has 4 heteroatoms. The van der Waals surface area contributed by atoms with E-state index in [0.717, 1.165) is 5.56 Å². The first-order chi connectivity index (χ1) is 10.0. The van der Waals surface area contributed by atoms with Crippen molar-refractivity contribution in [2.75, 3.05) is 6.61 Å². The van der Waals surface area contributed by atoms with Gasteiger partial charge in [0.25, 0.3) is 0 Å². The molecular weight excluding hydrogens is 292 g/mol. The first-order valence-corrected chi connectivity index (χ1v) is 10.8. The largest absolute Gasteiger partial charge is 0.466 e. The van der Waals surface area contributed by atoms with Gasteiger partial charge in [-0.2, -0.15) is 0 Å². The lowest BCUT2D eigenvalue weighted by atomic mass is 9.93. The second-order valence-corrected chi connectivity index (χ2v) is 12.2. The zero-order chi connectivity index (χ0) is 17.0. The normalized spacial score (nSPS) is 15.2. The van der Waals surface area contributed by atoms with Crippen LogP contribution in [0.5, 0.6) is 0 Å². The molecule has 0 heterocycles. The second-order valence-electron chi connectivity index (χ2n) is 7.44. The summed E-state index contributed by atoms with van der Waals surface area (Å²) in [6, 6.07) is 9.97. The molecule has 3 nitrogen and oxygen atoms in total. The Hall–Kier alpha value is -1.13. The van der Waals surface area contributed by atoms with Crippen LogP contribution >= 0.6 is 0 Å². The number of benzene rings is 1. The van der Waals surface area contributed by atoms with Crippen LogP contribution in [-0.2, 0) is 19.6 Å². The molecule has 0 saturated heterocycles. The number of carbonyl (C=O) groups excluding carboxylic acids is 1. The van der Waals surface area contributed by atoms with E-state index >= 15 is 0 Å². The molecule has 0 aliphatic heterocycles. The third kappa shape index (κ3) is 4.68. The van der Waals surface area contributed by atoms with Gasteiger partial charge < -0.3 is 9.16 Å². The summed E-state index contributed by atoms with van der Waals surface area (Å²) in [6.07, 6.45) is 0.233. The molecule has 0 saturated carbocycles. The summed E-state index contributed by atoms with van der Waals surface area (Å²) < 4.78 is 11.8. The van der Waals surface area contributed by atoms with Gasteiger partial charge in [-0.05, 0) is 37.5 Å². The minimum Gasteiger partial charge on any atom is -0.466 e. The van der Waals surface area contributed by atoms with E-state index in [1.807, 2.05) is 44.2 Å². The molecule has 0 aromatic heterocycles. The van der Waals surface area contributed by atoms with Gasteiger partial charge in [0.05, 0.1) is 18.6 Å². The smallest absolute Gasteiger partial charge is 0.309 e. The number of carbonyl (C=O) groups is 1. The fourth-order valence-corrected chi connectivity index (χ4v) is 3.81. The van der Waals surface area contributed by atoms with Crippen molar-refractivity contribution in [3.8, 4) is 0 Å². The molecule has 1 aromatic rings. The summed E-state index contributed by atoms with van der Waals surface area (Å²) in [5.74, 6) is -0.215. The molecule has 0 bridgehead atoms. The molecule has 0 amide bonds. The van der Waals surface area contributed by atoms with Gasteiger partial charge in [-0.1, -0.05) is 51.1 Å². The molecule has 0 aliphatic carbocycles. The van der Waals surface area contributed by atoms with E-state index in [1.54, 1.807) is 0 Å². The van der Waals surface area contributed by atoms with Crippen molar-refractivity contribution >= 4 is 14.3 Å². The van der Waals surface area contributed by atoms with Crippen LogP contribution in [0.2, 0.25) is 18.1 Å². The van der Waals surface area contributed by atoms with Crippen LogP contribution < -0.4 is 0 Å². The van der Waals surface area contributed by atoms with Gasteiger partial charge in [-0.25, -0.2) is 0 Å². The van der Waals surface area contributed by atoms with Crippen molar-refractivity contribution < 1.29 is 14.0 Å². The van der Waals surface area contributed by atoms with Gasteiger partial charge in [0.2, 0.25) is 0 Å². The Bertz CT molecular complexity index is 491. The van der Waals surface area contributed by atoms with E-state index in [-0.39, 0.29) is 17.4 Å². The zero-order valence-electron chi connectivity index (χ0n) is 15.0. The summed E-state index contributed by atoms with van der Waals surface area (Å²) in [6.45, 7) is 15.2. The maximum atomic E-state index is 12.1. The Morgan fingerprint density at radius 1 is 1.09 bits per heavy atom. The van der Waals surface area contributed by atoms with Gasteiger partial charge in [-0.3, -0.25) is 4.79 Å². The number of hydrogen-bond acceptors (Lipinski definition) is 3. The van der Waals surface area contributed by atoms with E-state index in [9.17, 15) is 4.79 Å². The average molecular weight is 323 g/mol. The molecule has 22 heavy (non-hydrogen) atoms. The van der Waals surface area contributed by atoms with E-state index in [4.69, 9.17) is 9.16 Å². The predicted molar refractivity (Wildman–Crippen MR) is 93.3 cm³/mol. The highest BCUT2D eigenvalue weighted by Gasteiger charge is 2.44. The lowest BCUT2D eigenvalue weighted by molar-refractivity contribution is -0.147. The molecule has 124 valence electrons. The standard InChI is InChI=1S/C18H30O3Si/c1-8-20-16(19)14-18(5,15-12-10-9-11-13-15)21-22(6,7)17(2,3)4/h9-13H,8,14H2,1-7H3. The van der Waals surface area contributed by atoms with Crippen LogP contribution in [0, 0.1) is 0 Å². The second kappa shape index (κ2) is 6.96. The number of ether oxygens (including phenoxy) is 1. The molecule has 0 spiro atoms. The third-order valence-corrected chi connectivity index (χ3v) is 9.03. The Balaban J connectivity index is 3.15. The molecule has 0 aliphatic rings. The lowest BCUT2D eigenvalue weighted by Crippen LogP contribution is -2.48. The fraction of sp³-hybridized carbons (Fsp3) is 0.611.